The van der Waals surface area contributed by atoms with Gasteiger partial charge in [-0.25, -0.2) is 4.68 Å². The van der Waals surface area contributed by atoms with E-state index in [1.165, 1.54) is 0 Å². The Morgan fingerprint density at radius 3 is 2.56 bits per heavy atom. The average Bonchev–Trinajstić information content (AvgIpc) is 3.16. The molecule has 8 heteroatoms. The molecule has 4 rings (SSSR count). The number of likely N-dealkylation sites (N-methyl/N-ethyl adjacent to an activating group) is 1. The standard InChI is InChI=1S/C26H32ClN3O4/c1-19-22(25(27)30(28-19)21-7-5-4-6-8-21)17-34-23-10-9-20(15-24(23)32-3)16-29(2)26(18-31)11-13-33-14-12-26/h4-10,15,31H,11-14,16-18H2,1-3H3. The van der Waals surface area contributed by atoms with Crippen LogP contribution in [-0.2, 0) is 17.9 Å². The molecular weight excluding hydrogens is 454 g/mol. The predicted octanol–water partition coefficient (Wildman–Crippen LogP) is 4.40. The van der Waals surface area contributed by atoms with Gasteiger partial charge in [0.2, 0.25) is 0 Å². The molecule has 0 atom stereocenters. The van der Waals surface area contributed by atoms with Crippen molar-refractivity contribution >= 4 is 11.6 Å². The van der Waals surface area contributed by atoms with E-state index in [4.69, 9.17) is 25.8 Å². The fourth-order valence-electron chi connectivity index (χ4n) is 4.37. The smallest absolute Gasteiger partial charge is 0.161 e. The van der Waals surface area contributed by atoms with Crippen molar-refractivity contribution in [2.75, 3.05) is 34.0 Å². The van der Waals surface area contributed by atoms with Gasteiger partial charge in [0.25, 0.3) is 0 Å². The maximum atomic E-state index is 10.1. The van der Waals surface area contributed by atoms with E-state index < -0.39 is 0 Å². The lowest BCUT2D eigenvalue weighted by atomic mass is 9.89. The van der Waals surface area contributed by atoms with E-state index in [1.54, 1.807) is 11.8 Å². The highest BCUT2D eigenvalue weighted by Gasteiger charge is 2.36. The van der Waals surface area contributed by atoms with Crippen molar-refractivity contribution in [2.45, 2.75) is 38.5 Å². The quantitative estimate of drug-likeness (QED) is 0.484. The second-order valence-electron chi connectivity index (χ2n) is 8.73. The zero-order valence-electron chi connectivity index (χ0n) is 20.0. The topological polar surface area (TPSA) is 69.0 Å². The lowest BCUT2D eigenvalue weighted by Crippen LogP contribution is -2.52. The largest absolute Gasteiger partial charge is 0.493 e. The molecule has 0 spiro atoms. The Balaban J connectivity index is 1.47. The van der Waals surface area contributed by atoms with Crippen molar-refractivity contribution in [3.05, 3.63) is 70.5 Å². The first-order valence-corrected chi connectivity index (χ1v) is 11.8. The third-order valence-corrected chi connectivity index (χ3v) is 7.06. The average molecular weight is 486 g/mol. The summed E-state index contributed by atoms with van der Waals surface area (Å²) in [4.78, 5) is 2.21. The molecule has 0 radical (unpaired) electrons. The highest BCUT2D eigenvalue weighted by atomic mass is 35.5. The molecule has 1 aromatic heterocycles. The van der Waals surface area contributed by atoms with Crippen LogP contribution in [0.3, 0.4) is 0 Å². The molecule has 0 saturated carbocycles. The second-order valence-corrected chi connectivity index (χ2v) is 9.08. The number of para-hydroxylation sites is 1. The van der Waals surface area contributed by atoms with E-state index in [-0.39, 0.29) is 18.8 Å². The Hall–Kier alpha value is -2.58. The number of benzene rings is 2. The van der Waals surface area contributed by atoms with Crippen molar-refractivity contribution in [2.24, 2.45) is 0 Å². The van der Waals surface area contributed by atoms with Crippen molar-refractivity contribution in [3.8, 4) is 17.2 Å². The van der Waals surface area contributed by atoms with Crippen molar-refractivity contribution < 1.29 is 19.3 Å². The van der Waals surface area contributed by atoms with E-state index >= 15 is 0 Å². The molecule has 0 unspecified atom stereocenters. The maximum absolute atomic E-state index is 10.1. The van der Waals surface area contributed by atoms with Crippen LogP contribution in [0.2, 0.25) is 5.15 Å². The molecule has 2 heterocycles. The summed E-state index contributed by atoms with van der Waals surface area (Å²) in [6, 6.07) is 15.7. The zero-order valence-corrected chi connectivity index (χ0v) is 20.7. The van der Waals surface area contributed by atoms with Crippen molar-refractivity contribution in [3.63, 3.8) is 0 Å². The Bertz CT molecular complexity index is 1100. The molecule has 1 fully saturated rings. The van der Waals surface area contributed by atoms with Gasteiger partial charge in [-0.3, -0.25) is 4.90 Å². The zero-order chi connectivity index (χ0) is 24.1. The Morgan fingerprint density at radius 2 is 1.88 bits per heavy atom. The SMILES string of the molecule is COc1cc(CN(C)C2(CO)CCOCC2)ccc1OCc1c(C)nn(-c2ccccc2)c1Cl. The molecule has 0 amide bonds. The van der Waals surface area contributed by atoms with E-state index in [1.807, 2.05) is 62.5 Å². The first-order chi connectivity index (χ1) is 16.5. The molecule has 1 aliphatic heterocycles. The van der Waals surface area contributed by atoms with Gasteiger partial charge in [-0.2, -0.15) is 5.10 Å². The molecule has 1 saturated heterocycles. The van der Waals surface area contributed by atoms with Crippen molar-refractivity contribution in [1.29, 1.82) is 0 Å². The minimum absolute atomic E-state index is 0.113. The summed E-state index contributed by atoms with van der Waals surface area (Å²) < 4.78 is 18.9. The van der Waals surface area contributed by atoms with Gasteiger partial charge < -0.3 is 19.3 Å². The number of hydrogen-bond donors (Lipinski definition) is 1. The summed E-state index contributed by atoms with van der Waals surface area (Å²) in [5.41, 5.74) is 3.38. The number of halogens is 1. The number of aryl methyl sites for hydroxylation is 1. The number of nitrogens with zero attached hydrogens (tertiary/aromatic N) is 3. The molecule has 3 aromatic rings. The summed E-state index contributed by atoms with van der Waals surface area (Å²) in [5, 5.41) is 15.2. The van der Waals surface area contributed by atoms with Crippen LogP contribution in [0.25, 0.3) is 5.69 Å². The van der Waals surface area contributed by atoms with Gasteiger partial charge in [-0.05, 0) is 56.6 Å². The number of hydrogen-bond acceptors (Lipinski definition) is 6. The summed E-state index contributed by atoms with van der Waals surface area (Å²) in [5.74, 6) is 1.29. The van der Waals surface area contributed by atoms with Crippen LogP contribution >= 0.6 is 11.6 Å². The number of aliphatic hydroxyl groups is 1. The number of aromatic nitrogens is 2. The first kappa shape index (κ1) is 24.5. The fraction of sp³-hybridized carbons (Fsp3) is 0.423. The lowest BCUT2D eigenvalue weighted by molar-refractivity contribution is -0.0493. The first-order valence-electron chi connectivity index (χ1n) is 11.5. The molecule has 1 aliphatic rings. The molecule has 7 nitrogen and oxygen atoms in total. The highest BCUT2D eigenvalue weighted by molar-refractivity contribution is 6.30. The van der Waals surface area contributed by atoms with Gasteiger partial charge in [0.05, 0.1) is 25.1 Å². The molecule has 0 bridgehead atoms. The van der Waals surface area contributed by atoms with Gasteiger partial charge in [0.15, 0.2) is 11.5 Å². The summed E-state index contributed by atoms with van der Waals surface area (Å²) >= 11 is 6.64. The molecular formula is C26H32ClN3O4. The third kappa shape index (κ3) is 5.08. The Morgan fingerprint density at radius 1 is 1.15 bits per heavy atom. The van der Waals surface area contributed by atoms with Crippen LogP contribution in [0.15, 0.2) is 48.5 Å². The van der Waals surface area contributed by atoms with Crippen LogP contribution in [0.5, 0.6) is 11.5 Å². The van der Waals surface area contributed by atoms with Gasteiger partial charge in [-0.15, -0.1) is 0 Å². The van der Waals surface area contributed by atoms with Crippen LogP contribution in [0.4, 0.5) is 0 Å². The van der Waals surface area contributed by atoms with Crippen LogP contribution in [-0.4, -0.2) is 59.3 Å². The number of ether oxygens (including phenoxy) is 3. The Kier molecular flexibility index (Phi) is 7.78. The van der Waals surface area contributed by atoms with Crippen LogP contribution < -0.4 is 9.47 Å². The van der Waals surface area contributed by atoms with Crippen LogP contribution in [0, 0.1) is 6.92 Å². The van der Waals surface area contributed by atoms with E-state index in [2.05, 4.69) is 10.00 Å². The van der Waals surface area contributed by atoms with Crippen molar-refractivity contribution in [1.82, 2.24) is 14.7 Å². The normalized spacial score (nSPS) is 15.5. The molecule has 2 aromatic carbocycles. The summed E-state index contributed by atoms with van der Waals surface area (Å²) in [6.07, 6.45) is 1.63. The van der Waals surface area contributed by atoms with Gasteiger partial charge in [0, 0.05) is 30.9 Å². The third-order valence-electron chi connectivity index (χ3n) is 6.67. The predicted molar refractivity (Wildman–Crippen MR) is 132 cm³/mol. The van der Waals surface area contributed by atoms with Gasteiger partial charge in [0.1, 0.15) is 11.8 Å². The number of rotatable bonds is 9. The second kappa shape index (κ2) is 10.8. The molecule has 182 valence electrons. The maximum Gasteiger partial charge on any atom is 0.161 e. The fourth-order valence-corrected chi connectivity index (χ4v) is 4.70. The van der Waals surface area contributed by atoms with E-state index in [9.17, 15) is 5.11 Å². The van der Waals surface area contributed by atoms with Gasteiger partial charge in [-0.1, -0.05) is 35.9 Å². The summed E-state index contributed by atoms with van der Waals surface area (Å²) in [6.45, 7) is 4.34. The number of methoxy groups -OCH3 is 1. The number of aliphatic hydroxyl groups excluding tert-OH is 1. The minimum atomic E-state index is -0.256. The summed E-state index contributed by atoms with van der Waals surface area (Å²) in [7, 11) is 3.68. The molecule has 34 heavy (non-hydrogen) atoms. The Labute approximate surface area is 205 Å². The monoisotopic (exact) mass is 485 g/mol. The molecule has 0 aliphatic carbocycles. The van der Waals surface area contributed by atoms with Crippen LogP contribution in [0.1, 0.15) is 29.7 Å². The molecule has 1 N–H and O–H groups in total. The minimum Gasteiger partial charge on any atom is -0.493 e. The lowest BCUT2D eigenvalue weighted by Gasteiger charge is -2.43. The highest BCUT2D eigenvalue weighted by Crippen LogP contribution is 2.33. The van der Waals surface area contributed by atoms with E-state index in [0.717, 1.165) is 35.3 Å². The van der Waals surface area contributed by atoms with E-state index in [0.29, 0.717) is 36.4 Å². The van der Waals surface area contributed by atoms with Gasteiger partial charge >= 0.3 is 0 Å².